The van der Waals surface area contributed by atoms with Crippen LogP contribution in [0.2, 0.25) is 5.02 Å². The lowest BCUT2D eigenvalue weighted by molar-refractivity contribution is -0.134. The highest BCUT2D eigenvalue weighted by Gasteiger charge is 2.22. The van der Waals surface area contributed by atoms with E-state index in [1.165, 1.54) is 6.08 Å². The maximum absolute atomic E-state index is 12.1. The van der Waals surface area contributed by atoms with E-state index in [2.05, 4.69) is 10.2 Å². The van der Waals surface area contributed by atoms with E-state index in [-0.39, 0.29) is 17.7 Å². The summed E-state index contributed by atoms with van der Waals surface area (Å²) in [7, 11) is 0. The van der Waals surface area contributed by atoms with Crippen LogP contribution >= 0.6 is 11.6 Å². The minimum absolute atomic E-state index is 0.0400. The fraction of sp³-hybridized carbons (Fsp3) is 0.304. The third-order valence-electron chi connectivity index (χ3n) is 4.88. The van der Waals surface area contributed by atoms with Gasteiger partial charge in [-0.1, -0.05) is 37.6 Å². The minimum Gasteiger partial charge on any atom is -0.368 e. The van der Waals surface area contributed by atoms with Gasteiger partial charge in [0, 0.05) is 54.6 Å². The Bertz CT molecular complexity index is 868. The number of halogens is 1. The first-order valence-corrected chi connectivity index (χ1v) is 10.2. The van der Waals surface area contributed by atoms with Gasteiger partial charge in [-0.05, 0) is 48.0 Å². The zero-order chi connectivity index (χ0) is 20.8. The molecule has 0 atom stereocenters. The van der Waals surface area contributed by atoms with Crippen LogP contribution < -0.4 is 10.2 Å². The fourth-order valence-corrected chi connectivity index (χ4v) is 3.36. The number of hydrogen-bond acceptors (Lipinski definition) is 3. The van der Waals surface area contributed by atoms with Crippen molar-refractivity contribution in [3.8, 4) is 0 Å². The smallest absolute Gasteiger partial charge is 0.248 e. The SMILES string of the molecule is CC(C)C(=O)N1CCN(c2ccc(NC(=O)/C=C/c3ccc(Cl)cc3)cc2)CC1. The Hall–Kier alpha value is -2.79. The van der Waals surface area contributed by atoms with Gasteiger partial charge in [0.25, 0.3) is 0 Å². The second-order valence-electron chi connectivity index (χ2n) is 7.39. The molecule has 1 N–H and O–H groups in total. The summed E-state index contributed by atoms with van der Waals surface area (Å²) in [4.78, 5) is 28.4. The molecule has 2 amide bonds. The first-order valence-electron chi connectivity index (χ1n) is 9.81. The number of nitrogens with one attached hydrogen (secondary N) is 1. The molecule has 2 aromatic carbocycles. The molecule has 0 aliphatic carbocycles. The molecule has 3 rings (SSSR count). The van der Waals surface area contributed by atoms with Crippen LogP contribution in [0.4, 0.5) is 11.4 Å². The molecule has 1 aliphatic rings. The molecule has 6 heteroatoms. The van der Waals surface area contributed by atoms with Crippen molar-refractivity contribution in [2.75, 3.05) is 36.4 Å². The molecule has 1 aliphatic heterocycles. The van der Waals surface area contributed by atoms with Crippen LogP contribution in [0.25, 0.3) is 6.08 Å². The number of hydrogen-bond donors (Lipinski definition) is 1. The van der Waals surface area contributed by atoms with Gasteiger partial charge in [-0.15, -0.1) is 0 Å². The van der Waals surface area contributed by atoms with E-state index < -0.39 is 0 Å². The van der Waals surface area contributed by atoms with Gasteiger partial charge >= 0.3 is 0 Å². The Morgan fingerprint density at radius 3 is 2.17 bits per heavy atom. The Morgan fingerprint density at radius 1 is 0.966 bits per heavy atom. The van der Waals surface area contributed by atoms with Crippen molar-refractivity contribution in [1.82, 2.24) is 4.90 Å². The number of nitrogens with zero attached hydrogens (tertiary/aromatic N) is 2. The molecular formula is C23H26ClN3O2. The summed E-state index contributed by atoms with van der Waals surface area (Å²) < 4.78 is 0. The standard InChI is InChI=1S/C23H26ClN3O2/c1-17(2)23(29)27-15-13-26(14-16-27)21-10-8-20(9-11-21)25-22(28)12-5-18-3-6-19(24)7-4-18/h3-12,17H,13-16H2,1-2H3,(H,25,28)/b12-5+. The summed E-state index contributed by atoms with van der Waals surface area (Å²) in [5.74, 6) is 0.0704. The highest BCUT2D eigenvalue weighted by molar-refractivity contribution is 6.30. The summed E-state index contributed by atoms with van der Waals surface area (Å²) in [5, 5.41) is 3.53. The quantitative estimate of drug-likeness (QED) is 0.746. The van der Waals surface area contributed by atoms with Gasteiger partial charge in [-0.2, -0.15) is 0 Å². The Morgan fingerprint density at radius 2 is 1.59 bits per heavy atom. The molecule has 1 heterocycles. The molecule has 0 bridgehead atoms. The van der Waals surface area contributed by atoms with Gasteiger partial charge in [-0.3, -0.25) is 9.59 Å². The van der Waals surface area contributed by atoms with Crippen LogP contribution in [0.3, 0.4) is 0 Å². The van der Waals surface area contributed by atoms with E-state index in [1.807, 2.05) is 55.1 Å². The largest absolute Gasteiger partial charge is 0.368 e. The number of anilines is 2. The van der Waals surface area contributed by atoms with E-state index in [9.17, 15) is 9.59 Å². The lowest BCUT2D eigenvalue weighted by atomic mass is 10.1. The normalized spacial score (nSPS) is 14.5. The lowest BCUT2D eigenvalue weighted by Crippen LogP contribution is -2.49. The number of benzene rings is 2. The van der Waals surface area contributed by atoms with Gasteiger partial charge in [0.15, 0.2) is 0 Å². The summed E-state index contributed by atoms with van der Waals surface area (Å²) >= 11 is 5.86. The summed E-state index contributed by atoms with van der Waals surface area (Å²) in [5.41, 5.74) is 2.75. The third-order valence-corrected chi connectivity index (χ3v) is 5.13. The summed E-state index contributed by atoms with van der Waals surface area (Å²) in [6, 6.07) is 15.1. The number of carbonyl (C=O) groups is 2. The zero-order valence-corrected chi connectivity index (χ0v) is 17.5. The van der Waals surface area contributed by atoms with Crippen LogP contribution in [-0.2, 0) is 9.59 Å². The van der Waals surface area contributed by atoms with E-state index in [1.54, 1.807) is 18.2 Å². The average molecular weight is 412 g/mol. The molecule has 5 nitrogen and oxygen atoms in total. The predicted molar refractivity (Wildman–Crippen MR) is 119 cm³/mol. The van der Waals surface area contributed by atoms with Crippen molar-refractivity contribution in [1.29, 1.82) is 0 Å². The predicted octanol–water partition coefficient (Wildman–Crippen LogP) is 4.30. The van der Waals surface area contributed by atoms with E-state index >= 15 is 0 Å². The molecule has 29 heavy (non-hydrogen) atoms. The number of rotatable bonds is 5. The number of piperazine rings is 1. The molecule has 2 aromatic rings. The topological polar surface area (TPSA) is 52.7 Å². The maximum Gasteiger partial charge on any atom is 0.248 e. The highest BCUT2D eigenvalue weighted by atomic mass is 35.5. The van der Waals surface area contributed by atoms with Crippen LogP contribution in [0.15, 0.2) is 54.6 Å². The second kappa shape index (κ2) is 9.61. The summed E-state index contributed by atoms with van der Waals surface area (Å²) in [6.07, 6.45) is 3.25. The Balaban J connectivity index is 1.52. The third kappa shape index (κ3) is 5.84. The molecule has 152 valence electrons. The van der Waals surface area contributed by atoms with Crippen molar-refractivity contribution >= 4 is 40.9 Å². The van der Waals surface area contributed by atoms with E-state index in [4.69, 9.17) is 11.6 Å². The van der Waals surface area contributed by atoms with Crippen molar-refractivity contribution < 1.29 is 9.59 Å². The van der Waals surface area contributed by atoms with E-state index in [0.717, 1.165) is 43.1 Å². The van der Waals surface area contributed by atoms with Crippen molar-refractivity contribution in [3.05, 3.63) is 65.2 Å². The molecule has 0 saturated carbocycles. The van der Waals surface area contributed by atoms with Crippen molar-refractivity contribution in [3.63, 3.8) is 0 Å². The Kier molecular flexibility index (Phi) is 6.94. The lowest BCUT2D eigenvalue weighted by Gasteiger charge is -2.37. The molecular weight excluding hydrogens is 386 g/mol. The molecule has 1 saturated heterocycles. The van der Waals surface area contributed by atoms with Gasteiger partial charge in [0.1, 0.15) is 0 Å². The van der Waals surface area contributed by atoms with Crippen LogP contribution in [0.1, 0.15) is 19.4 Å². The van der Waals surface area contributed by atoms with Crippen LogP contribution in [0, 0.1) is 5.92 Å². The highest BCUT2D eigenvalue weighted by Crippen LogP contribution is 2.20. The van der Waals surface area contributed by atoms with Crippen molar-refractivity contribution in [2.24, 2.45) is 5.92 Å². The minimum atomic E-state index is -0.187. The van der Waals surface area contributed by atoms with E-state index in [0.29, 0.717) is 5.02 Å². The first-order chi connectivity index (χ1) is 13.9. The van der Waals surface area contributed by atoms with Crippen molar-refractivity contribution in [2.45, 2.75) is 13.8 Å². The molecule has 0 aromatic heterocycles. The number of carbonyl (C=O) groups excluding carboxylic acids is 2. The van der Waals surface area contributed by atoms with Crippen LogP contribution in [0.5, 0.6) is 0 Å². The molecule has 0 spiro atoms. The van der Waals surface area contributed by atoms with Crippen LogP contribution in [-0.4, -0.2) is 42.9 Å². The number of amides is 2. The first kappa shape index (κ1) is 20.9. The maximum atomic E-state index is 12.1. The van der Waals surface area contributed by atoms with Gasteiger partial charge in [0.2, 0.25) is 11.8 Å². The monoisotopic (exact) mass is 411 g/mol. The summed E-state index contributed by atoms with van der Waals surface area (Å²) in [6.45, 7) is 6.98. The van der Waals surface area contributed by atoms with Gasteiger partial charge in [0.05, 0.1) is 0 Å². The molecule has 0 radical (unpaired) electrons. The molecule has 0 unspecified atom stereocenters. The second-order valence-corrected chi connectivity index (χ2v) is 7.82. The van der Waals surface area contributed by atoms with Gasteiger partial charge in [-0.25, -0.2) is 0 Å². The van der Waals surface area contributed by atoms with Gasteiger partial charge < -0.3 is 15.1 Å². The Labute approximate surface area is 177 Å². The molecule has 1 fully saturated rings. The average Bonchev–Trinajstić information content (AvgIpc) is 2.73. The zero-order valence-electron chi connectivity index (χ0n) is 16.8. The fourth-order valence-electron chi connectivity index (χ4n) is 3.24.